The van der Waals surface area contributed by atoms with E-state index in [2.05, 4.69) is 0 Å². The second-order valence-corrected chi connectivity index (χ2v) is 2.75. The minimum atomic E-state index is -0.955. The molecular formula is C6H14N2O3. The summed E-state index contributed by atoms with van der Waals surface area (Å²) < 4.78 is 5.06. The Morgan fingerprint density at radius 1 is 1.36 bits per heavy atom. The van der Waals surface area contributed by atoms with Crippen LogP contribution in [0.15, 0.2) is 0 Å². The van der Waals surface area contributed by atoms with Gasteiger partial charge in [-0.05, 0) is 0 Å². The molecule has 11 heavy (non-hydrogen) atoms. The smallest absolute Gasteiger partial charge is 0.109 e. The lowest BCUT2D eigenvalue weighted by molar-refractivity contribution is -0.139. The maximum absolute atomic E-state index is 9.27. The quantitative estimate of drug-likeness (QED) is 0.338. The first-order valence-corrected chi connectivity index (χ1v) is 3.60. The molecule has 4 atom stereocenters. The van der Waals surface area contributed by atoms with Gasteiger partial charge in [0.2, 0.25) is 0 Å². The first-order valence-electron chi connectivity index (χ1n) is 3.60. The first-order chi connectivity index (χ1) is 5.16. The molecule has 1 rings (SSSR count). The normalized spacial score (nSPS) is 45.8. The fourth-order valence-corrected chi connectivity index (χ4v) is 1.11. The third-order valence-electron chi connectivity index (χ3n) is 1.90. The summed E-state index contributed by atoms with van der Waals surface area (Å²) in [5.41, 5.74) is 10.7. The van der Waals surface area contributed by atoms with Crippen molar-refractivity contribution in [1.82, 2.24) is 0 Å². The highest BCUT2D eigenvalue weighted by Crippen LogP contribution is 2.12. The van der Waals surface area contributed by atoms with E-state index in [1.165, 1.54) is 0 Å². The highest BCUT2D eigenvalue weighted by atomic mass is 16.5. The third kappa shape index (κ3) is 1.69. The van der Waals surface area contributed by atoms with Gasteiger partial charge in [0.15, 0.2) is 0 Å². The lowest BCUT2D eigenvalue weighted by Gasteiger charge is -2.35. The van der Waals surface area contributed by atoms with Gasteiger partial charge in [-0.2, -0.15) is 0 Å². The molecule has 1 aliphatic heterocycles. The molecule has 5 nitrogen and oxygen atoms in total. The summed E-state index contributed by atoms with van der Waals surface area (Å²) in [6.07, 6.45) is -2.36. The van der Waals surface area contributed by atoms with E-state index in [9.17, 15) is 10.2 Å². The fraction of sp³-hybridized carbons (Fsp3) is 1.00. The minimum Gasteiger partial charge on any atom is -0.389 e. The lowest BCUT2D eigenvalue weighted by Crippen LogP contribution is -2.58. The second kappa shape index (κ2) is 3.46. The van der Waals surface area contributed by atoms with Gasteiger partial charge in [0.05, 0.1) is 24.9 Å². The van der Waals surface area contributed by atoms with Crippen LogP contribution in [0.1, 0.15) is 0 Å². The Balaban J connectivity index is 2.52. The molecule has 0 radical (unpaired) electrons. The van der Waals surface area contributed by atoms with Crippen LogP contribution >= 0.6 is 0 Å². The van der Waals surface area contributed by atoms with E-state index in [-0.39, 0.29) is 13.2 Å². The van der Waals surface area contributed by atoms with Gasteiger partial charge < -0.3 is 26.4 Å². The Morgan fingerprint density at radius 2 is 2.00 bits per heavy atom. The molecule has 0 aromatic rings. The summed E-state index contributed by atoms with van der Waals surface area (Å²) >= 11 is 0. The Morgan fingerprint density at radius 3 is 2.55 bits per heavy atom. The van der Waals surface area contributed by atoms with Gasteiger partial charge in [0, 0.05) is 6.54 Å². The van der Waals surface area contributed by atoms with Crippen LogP contribution in [0.2, 0.25) is 0 Å². The summed E-state index contributed by atoms with van der Waals surface area (Å²) in [7, 11) is 0. The molecule has 0 saturated carbocycles. The van der Waals surface area contributed by atoms with Crippen LogP contribution < -0.4 is 11.5 Å². The number of nitrogens with two attached hydrogens (primary N) is 2. The largest absolute Gasteiger partial charge is 0.389 e. The van der Waals surface area contributed by atoms with E-state index in [0.717, 1.165) is 0 Å². The predicted molar refractivity (Wildman–Crippen MR) is 38.8 cm³/mol. The summed E-state index contributed by atoms with van der Waals surface area (Å²) in [5, 5.41) is 18.5. The zero-order chi connectivity index (χ0) is 8.43. The van der Waals surface area contributed by atoms with Gasteiger partial charge in [-0.15, -0.1) is 0 Å². The standard InChI is InChI=1S/C6H14N2O3/c7-1-4-6(10)5(9)3(8)2-11-4/h3-6,9-10H,1-2,7-8H2/t3-,4+,5-,6+/m0/s1. The molecular weight excluding hydrogens is 148 g/mol. The van der Waals surface area contributed by atoms with E-state index in [0.29, 0.717) is 0 Å². The lowest BCUT2D eigenvalue weighted by atomic mass is 9.99. The SMILES string of the molecule is NC[C@H]1OC[C@H](N)[C@H](O)[C@@H]1O. The number of rotatable bonds is 1. The summed E-state index contributed by atoms with van der Waals surface area (Å²) in [4.78, 5) is 0. The monoisotopic (exact) mass is 162 g/mol. The van der Waals surface area contributed by atoms with Crippen molar-refractivity contribution in [2.24, 2.45) is 11.5 Å². The molecule has 1 aliphatic rings. The molecule has 5 heteroatoms. The van der Waals surface area contributed by atoms with Crippen molar-refractivity contribution in [2.45, 2.75) is 24.4 Å². The molecule has 1 fully saturated rings. The highest BCUT2D eigenvalue weighted by molar-refractivity contribution is 4.88. The van der Waals surface area contributed by atoms with E-state index < -0.39 is 24.4 Å². The van der Waals surface area contributed by atoms with Crippen LogP contribution in [0.3, 0.4) is 0 Å². The van der Waals surface area contributed by atoms with Crippen molar-refractivity contribution in [3.05, 3.63) is 0 Å². The van der Waals surface area contributed by atoms with Gasteiger partial charge in [-0.1, -0.05) is 0 Å². The fourth-order valence-electron chi connectivity index (χ4n) is 1.11. The molecule has 0 amide bonds. The molecule has 0 aromatic carbocycles. The molecule has 6 N–H and O–H groups in total. The minimum absolute atomic E-state index is 0.199. The molecule has 0 aromatic heterocycles. The van der Waals surface area contributed by atoms with Crippen LogP contribution in [0, 0.1) is 0 Å². The van der Waals surface area contributed by atoms with Crippen molar-refractivity contribution in [1.29, 1.82) is 0 Å². The van der Waals surface area contributed by atoms with Crippen molar-refractivity contribution < 1.29 is 14.9 Å². The van der Waals surface area contributed by atoms with E-state index in [4.69, 9.17) is 16.2 Å². The van der Waals surface area contributed by atoms with Crippen molar-refractivity contribution in [2.75, 3.05) is 13.2 Å². The van der Waals surface area contributed by atoms with Crippen LogP contribution in [0.4, 0.5) is 0 Å². The first kappa shape index (κ1) is 8.89. The van der Waals surface area contributed by atoms with E-state index in [1.807, 2.05) is 0 Å². The number of hydrogen-bond acceptors (Lipinski definition) is 5. The van der Waals surface area contributed by atoms with Crippen molar-refractivity contribution in [3.63, 3.8) is 0 Å². The van der Waals surface area contributed by atoms with Crippen LogP contribution in [0.5, 0.6) is 0 Å². The van der Waals surface area contributed by atoms with Gasteiger partial charge in [-0.25, -0.2) is 0 Å². The maximum atomic E-state index is 9.27. The van der Waals surface area contributed by atoms with Gasteiger partial charge in [0.25, 0.3) is 0 Å². The summed E-state index contributed by atoms with van der Waals surface area (Å²) in [5.74, 6) is 0. The number of hydrogen-bond donors (Lipinski definition) is 4. The zero-order valence-corrected chi connectivity index (χ0v) is 6.18. The number of aliphatic hydroxyl groups excluding tert-OH is 2. The molecule has 66 valence electrons. The van der Waals surface area contributed by atoms with Crippen LogP contribution in [-0.4, -0.2) is 47.7 Å². The Kier molecular flexibility index (Phi) is 2.80. The average molecular weight is 162 g/mol. The van der Waals surface area contributed by atoms with Crippen molar-refractivity contribution in [3.8, 4) is 0 Å². The van der Waals surface area contributed by atoms with Crippen LogP contribution in [-0.2, 0) is 4.74 Å². The molecule has 1 saturated heterocycles. The Hall–Kier alpha value is -0.200. The topological polar surface area (TPSA) is 102 Å². The second-order valence-electron chi connectivity index (χ2n) is 2.75. The maximum Gasteiger partial charge on any atom is 0.109 e. The van der Waals surface area contributed by atoms with Gasteiger partial charge in [-0.3, -0.25) is 0 Å². The van der Waals surface area contributed by atoms with E-state index >= 15 is 0 Å². The zero-order valence-electron chi connectivity index (χ0n) is 6.18. The number of aliphatic hydroxyl groups is 2. The van der Waals surface area contributed by atoms with E-state index in [1.54, 1.807) is 0 Å². The Labute approximate surface area is 64.9 Å². The summed E-state index contributed by atoms with van der Waals surface area (Å²) in [6.45, 7) is 0.449. The average Bonchev–Trinajstić information content (AvgIpc) is 2.01. The molecule has 0 spiro atoms. The Bertz CT molecular complexity index is 131. The van der Waals surface area contributed by atoms with Crippen molar-refractivity contribution >= 4 is 0 Å². The third-order valence-corrected chi connectivity index (χ3v) is 1.90. The summed E-state index contributed by atoms with van der Waals surface area (Å²) in [6, 6.07) is -0.507. The molecule has 0 unspecified atom stereocenters. The molecule has 1 heterocycles. The van der Waals surface area contributed by atoms with Gasteiger partial charge in [0.1, 0.15) is 6.10 Å². The predicted octanol–water partition coefficient (Wildman–Crippen LogP) is -2.61. The molecule has 0 aliphatic carbocycles. The highest BCUT2D eigenvalue weighted by Gasteiger charge is 2.35. The number of ether oxygens (including phenoxy) is 1. The van der Waals surface area contributed by atoms with Gasteiger partial charge >= 0.3 is 0 Å². The molecule has 0 bridgehead atoms. The van der Waals surface area contributed by atoms with Crippen LogP contribution in [0.25, 0.3) is 0 Å².